The summed E-state index contributed by atoms with van der Waals surface area (Å²) in [7, 11) is 0. The van der Waals surface area contributed by atoms with Crippen molar-refractivity contribution < 1.29 is 14.6 Å². The summed E-state index contributed by atoms with van der Waals surface area (Å²) in [5.74, 6) is -0.192. The van der Waals surface area contributed by atoms with E-state index in [1.165, 1.54) is 35.2 Å². The van der Waals surface area contributed by atoms with Crippen molar-refractivity contribution in [3.8, 4) is 5.75 Å². The molecule has 168 valence electrons. The standard InChI is InChI=1S/C26H30N2O4/c1-4-16-10-18-12-20(13-19(18)11-17(16)5-2)27-14-23(30)21-6-8-24(32-15(3)29)26-22(21)7-9-25(31)28-26/h6-11,20,23,27,30H,4-5,12-14H2,1-3H3,(H,28,31)/t23-/m0/s1. The van der Waals surface area contributed by atoms with Crippen LogP contribution in [0.2, 0.25) is 0 Å². The fourth-order valence-corrected chi connectivity index (χ4v) is 4.74. The third-order valence-corrected chi connectivity index (χ3v) is 6.32. The summed E-state index contributed by atoms with van der Waals surface area (Å²) in [6.07, 6.45) is 3.24. The van der Waals surface area contributed by atoms with Gasteiger partial charge in [-0.15, -0.1) is 0 Å². The van der Waals surface area contributed by atoms with Gasteiger partial charge in [-0.1, -0.05) is 32.0 Å². The maximum atomic E-state index is 11.8. The molecule has 6 heteroatoms. The van der Waals surface area contributed by atoms with Crippen LogP contribution in [0, 0.1) is 0 Å². The average molecular weight is 435 g/mol. The zero-order valence-corrected chi connectivity index (χ0v) is 18.8. The largest absolute Gasteiger partial charge is 0.424 e. The molecule has 0 amide bonds. The van der Waals surface area contributed by atoms with Gasteiger partial charge in [0.1, 0.15) is 0 Å². The average Bonchev–Trinajstić information content (AvgIpc) is 3.18. The predicted molar refractivity (Wildman–Crippen MR) is 125 cm³/mol. The van der Waals surface area contributed by atoms with Crippen molar-refractivity contribution in [1.82, 2.24) is 10.3 Å². The molecule has 3 N–H and O–H groups in total. The zero-order chi connectivity index (χ0) is 22.8. The van der Waals surface area contributed by atoms with Gasteiger partial charge in [0.2, 0.25) is 5.56 Å². The Kier molecular flexibility index (Phi) is 6.44. The van der Waals surface area contributed by atoms with Crippen molar-refractivity contribution in [1.29, 1.82) is 0 Å². The van der Waals surface area contributed by atoms with E-state index < -0.39 is 12.1 Å². The number of pyridine rings is 1. The van der Waals surface area contributed by atoms with E-state index in [1.807, 2.05) is 0 Å². The Hall–Kier alpha value is -2.96. The summed E-state index contributed by atoms with van der Waals surface area (Å²) >= 11 is 0. The van der Waals surface area contributed by atoms with Gasteiger partial charge in [0.25, 0.3) is 0 Å². The molecule has 0 saturated heterocycles. The summed E-state index contributed by atoms with van der Waals surface area (Å²) in [5, 5.41) is 15.1. The highest BCUT2D eigenvalue weighted by Gasteiger charge is 2.24. The first-order valence-electron chi connectivity index (χ1n) is 11.3. The third kappa shape index (κ3) is 4.47. The third-order valence-electron chi connectivity index (χ3n) is 6.32. The first-order chi connectivity index (χ1) is 15.4. The number of carbonyl (C=O) groups is 1. The van der Waals surface area contributed by atoms with E-state index in [9.17, 15) is 14.7 Å². The molecule has 0 saturated carbocycles. The number of hydrogen-bond acceptors (Lipinski definition) is 5. The van der Waals surface area contributed by atoms with Crippen LogP contribution in [-0.2, 0) is 30.5 Å². The molecule has 1 aliphatic carbocycles. The van der Waals surface area contributed by atoms with E-state index in [0.29, 0.717) is 23.0 Å². The SMILES string of the molecule is CCc1cc2c(cc1CC)CC(NC[C@H](O)c1ccc(OC(C)=O)c3[nH]c(=O)ccc13)C2. The molecule has 6 nitrogen and oxygen atoms in total. The van der Waals surface area contributed by atoms with E-state index >= 15 is 0 Å². The number of rotatable bonds is 7. The van der Waals surface area contributed by atoms with Crippen LogP contribution in [0.1, 0.15) is 54.7 Å². The molecule has 32 heavy (non-hydrogen) atoms. The van der Waals surface area contributed by atoms with Gasteiger partial charge in [-0.25, -0.2) is 0 Å². The van der Waals surface area contributed by atoms with Crippen LogP contribution < -0.4 is 15.6 Å². The lowest BCUT2D eigenvalue weighted by Gasteiger charge is -2.18. The van der Waals surface area contributed by atoms with Crippen LogP contribution in [0.5, 0.6) is 5.75 Å². The number of aromatic amines is 1. The number of hydrogen-bond donors (Lipinski definition) is 3. The minimum absolute atomic E-state index is 0.277. The minimum Gasteiger partial charge on any atom is -0.424 e. The summed E-state index contributed by atoms with van der Waals surface area (Å²) in [5.41, 5.74) is 6.46. The van der Waals surface area contributed by atoms with E-state index in [2.05, 4.69) is 36.3 Å². The van der Waals surface area contributed by atoms with Crippen molar-refractivity contribution in [2.24, 2.45) is 0 Å². The minimum atomic E-state index is -0.768. The number of fused-ring (bicyclic) bond motifs is 2. The second-order valence-electron chi connectivity index (χ2n) is 8.48. The van der Waals surface area contributed by atoms with Gasteiger partial charge in [-0.3, -0.25) is 9.59 Å². The lowest BCUT2D eigenvalue weighted by molar-refractivity contribution is -0.131. The number of aliphatic hydroxyl groups excluding tert-OH is 1. The number of ether oxygens (including phenoxy) is 1. The van der Waals surface area contributed by atoms with Crippen LogP contribution in [-0.4, -0.2) is 28.6 Å². The first-order valence-corrected chi connectivity index (χ1v) is 11.3. The molecule has 1 heterocycles. The maximum absolute atomic E-state index is 11.8. The molecule has 2 aromatic carbocycles. The molecule has 1 aromatic heterocycles. The Morgan fingerprint density at radius 1 is 1.12 bits per heavy atom. The van der Waals surface area contributed by atoms with Crippen LogP contribution in [0.25, 0.3) is 10.9 Å². The molecular formula is C26H30N2O4. The Morgan fingerprint density at radius 2 is 1.78 bits per heavy atom. The number of benzene rings is 2. The molecule has 0 aliphatic heterocycles. The van der Waals surface area contributed by atoms with Crippen molar-refractivity contribution in [3.63, 3.8) is 0 Å². The Labute approximate surface area is 187 Å². The number of nitrogens with one attached hydrogen (secondary N) is 2. The molecule has 4 rings (SSSR count). The molecule has 0 spiro atoms. The zero-order valence-electron chi connectivity index (χ0n) is 18.8. The van der Waals surface area contributed by atoms with E-state index in [4.69, 9.17) is 4.74 Å². The lowest BCUT2D eigenvalue weighted by Crippen LogP contribution is -2.33. The Balaban J connectivity index is 1.50. The second kappa shape index (κ2) is 9.27. The fraction of sp³-hybridized carbons (Fsp3) is 0.385. The van der Waals surface area contributed by atoms with E-state index in [1.54, 1.807) is 18.2 Å². The summed E-state index contributed by atoms with van der Waals surface area (Å²) in [6, 6.07) is 11.4. The van der Waals surface area contributed by atoms with Gasteiger partial charge in [0.05, 0.1) is 11.6 Å². The summed E-state index contributed by atoms with van der Waals surface area (Å²) in [6.45, 7) is 6.10. The van der Waals surface area contributed by atoms with E-state index in [-0.39, 0.29) is 17.4 Å². The van der Waals surface area contributed by atoms with Crippen molar-refractivity contribution in [2.45, 2.75) is 58.6 Å². The van der Waals surface area contributed by atoms with Gasteiger partial charge in [-0.05, 0) is 65.6 Å². The van der Waals surface area contributed by atoms with Gasteiger partial charge in [0.15, 0.2) is 5.75 Å². The van der Waals surface area contributed by atoms with Crippen LogP contribution in [0.15, 0.2) is 41.2 Å². The molecule has 1 aliphatic rings. The van der Waals surface area contributed by atoms with Crippen molar-refractivity contribution in [2.75, 3.05) is 6.54 Å². The van der Waals surface area contributed by atoms with Crippen molar-refractivity contribution >= 4 is 16.9 Å². The van der Waals surface area contributed by atoms with Crippen LogP contribution >= 0.6 is 0 Å². The topological polar surface area (TPSA) is 91.4 Å². The van der Waals surface area contributed by atoms with Gasteiger partial charge in [0, 0.05) is 31.0 Å². The molecule has 0 unspecified atom stereocenters. The Bertz CT molecular complexity index is 1180. The normalized spacial score (nSPS) is 14.5. The summed E-state index contributed by atoms with van der Waals surface area (Å²) in [4.78, 5) is 26.0. The molecule has 0 bridgehead atoms. The predicted octanol–water partition coefficient (Wildman–Crippen LogP) is 3.37. The van der Waals surface area contributed by atoms with Crippen molar-refractivity contribution in [3.05, 3.63) is 74.6 Å². The number of aromatic nitrogens is 1. The Morgan fingerprint density at radius 3 is 2.38 bits per heavy atom. The smallest absolute Gasteiger partial charge is 0.308 e. The van der Waals surface area contributed by atoms with Crippen LogP contribution in [0.3, 0.4) is 0 Å². The second-order valence-corrected chi connectivity index (χ2v) is 8.48. The highest BCUT2D eigenvalue weighted by molar-refractivity contribution is 5.89. The highest BCUT2D eigenvalue weighted by Crippen LogP contribution is 2.31. The van der Waals surface area contributed by atoms with Gasteiger partial charge >= 0.3 is 5.97 Å². The first kappa shape index (κ1) is 22.2. The molecule has 3 aromatic rings. The quantitative estimate of drug-likeness (QED) is 0.392. The maximum Gasteiger partial charge on any atom is 0.308 e. The van der Waals surface area contributed by atoms with Crippen LogP contribution in [0.4, 0.5) is 0 Å². The van der Waals surface area contributed by atoms with Gasteiger partial charge < -0.3 is 20.1 Å². The number of carbonyl (C=O) groups excluding carboxylic acids is 1. The molecule has 0 radical (unpaired) electrons. The van der Waals surface area contributed by atoms with Gasteiger partial charge in [-0.2, -0.15) is 0 Å². The number of H-pyrrole nitrogens is 1. The van der Waals surface area contributed by atoms with E-state index in [0.717, 1.165) is 25.7 Å². The number of aryl methyl sites for hydroxylation is 2. The number of esters is 1. The highest BCUT2D eigenvalue weighted by atomic mass is 16.5. The fourth-order valence-electron chi connectivity index (χ4n) is 4.74. The molecular weight excluding hydrogens is 404 g/mol. The lowest BCUT2D eigenvalue weighted by atomic mass is 9.97. The number of aliphatic hydroxyl groups is 1. The molecule has 0 fully saturated rings. The summed E-state index contributed by atoms with van der Waals surface area (Å²) < 4.78 is 5.23. The molecule has 1 atom stereocenters. The monoisotopic (exact) mass is 434 g/mol.